The largest absolute Gasteiger partial charge is 0.489 e. The molecule has 1 heterocycles. The third-order valence-electron chi connectivity index (χ3n) is 2.39. The Morgan fingerprint density at radius 2 is 1.79 bits per heavy atom. The molecule has 0 amide bonds. The van der Waals surface area contributed by atoms with E-state index in [2.05, 4.69) is 11.6 Å². The second-order valence-electron chi connectivity index (χ2n) is 4.44. The van der Waals surface area contributed by atoms with Crippen LogP contribution in [0, 0.1) is 6.92 Å². The first-order valence-corrected chi connectivity index (χ1v) is 6.12. The van der Waals surface area contributed by atoms with Gasteiger partial charge in [0.05, 0.1) is 0 Å². The van der Waals surface area contributed by atoms with Gasteiger partial charge in [-0.1, -0.05) is 12.6 Å². The van der Waals surface area contributed by atoms with Crippen LogP contribution in [0.25, 0.3) is 0 Å². The summed E-state index contributed by atoms with van der Waals surface area (Å²) in [5.74, 6) is 2.13. The van der Waals surface area contributed by atoms with Gasteiger partial charge in [-0.2, -0.15) is 0 Å². The second-order valence-corrected chi connectivity index (χ2v) is 4.44. The Hall–Kier alpha value is -2.29. The zero-order chi connectivity index (χ0) is 13.7. The summed E-state index contributed by atoms with van der Waals surface area (Å²) >= 11 is 0. The molecule has 0 bridgehead atoms. The first kappa shape index (κ1) is 13.1. The molecule has 0 fully saturated rings. The number of rotatable bonds is 5. The van der Waals surface area contributed by atoms with E-state index in [1.54, 1.807) is 0 Å². The molecule has 19 heavy (non-hydrogen) atoms. The minimum Gasteiger partial charge on any atom is -0.489 e. The van der Waals surface area contributed by atoms with Crippen LogP contribution >= 0.6 is 0 Å². The van der Waals surface area contributed by atoms with Gasteiger partial charge in [-0.05, 0) is 49.8 Å². The van der Waals surface area contributed by atoms with Gasteiger partial charge < -0.3 is 9.47 Å². The first-order valence-electron chi connectivity index (χ1n) is 6.12. The Bertz CT molecular complexity index is 561. The van der Waals surface area contributed by atoms with Gasteiger partial charge in [0, 0.05) is 11.8 Å². The number of aromatic nitrogens is 1. The molecule has 0 aliphatic heterocycles. The van der Waals surface area contributed by atoms with E-state index < -0.39 is 0 Å². The van der Waals surface area contributed by atoms with Crippen LogP contribution in [0.4, 0.5) is 0 Å². The van der Waals surface area contributed by atoms with E-state index >= 15 is 0 Å². The van der Waals surface area contributed by atoms with Crippen LogP contribution in [0.3, 0.4) is 0 Å². The van der Waals surface area contributed by atoms with Crippen molar-refractivity contribution in [2.24, 2.45) is 0 Å². The molecule has 3 heteroatoms. The lowest BCUT2D eigenvalue weighted by molar-refractivity contribution is 0.352. The van der Waals surface area contributed by atoms with Crippen molar-refractivity contribution in [3.63, 3.8) is 0 Å². The SMILES string of the molecule is C=C(C)COc1ccc(Oc2cccc(C)n2)cc1. The number of ether oxygens (including phenoxy) is 2. The quantitative estimate of drug-likeness (QED) is 0.752. The minimum absolute atomic E-state index is 0.527. The Morgan fingerprint density at radius 3 is 2.42 bits per heavy atom. The van der Waals surface area contributed by atoms with Crippen molar-refractivity contribution in [3.8, 4) is 17.4 Å². The zero-order valence-electron chi connectivity index (χ0n) is 11.2. The Morgan fingerprint density at radius 1 is 1.11 bits per heavy atom. The molecular formula is C16H17NO2. The van der Waals surface area contributed by atoms with E-state index in [9.17, 15) is 0 Å². The standard InChI is InChI=1S/C16H17NO2/c1-12(2)11-18-14-7-9-15(10-8-14)19-16-6-4-5-13(3)17-16/h4-10H,1,11H2,2-3H3. The molecule has 0 radical (unpaired) electrons. The number of benzene rings is 1. The van der Waals surface area contributed by atoms with Crippen molar-refractivity contribution in [2.75, 3.05) is 6.61 Å². The minimum atomic E-state index is 0.527. The van der Waals surface area contributed by atoms with Crippen LogP contribution in [0.5, 0.6) is 17.4 Å². The molecule has 0 saturated carbocycles. The van der Waals surface area contributed by atoms with Crippen LogP contribution in [-0.2, 0) is 0 Å². The fraction of sp³-hybridized carbons (Fsp3) is 0.188. The van der Waals surface area contributed by atoms with Crippen LogP contribution in [0.1, 0.15) is 12.6 Å². The maximum Gasteiger partial charge on any atom is 0.219 e. The van der Waals surface area contributed by atoms with Gasteiger partial charge in [-0.25, -0.2) is 4.98 Å². The molecule has 0 aliphatic carbocycles. The van der Waals surface area contributed by atoms with Gasteiger partial charge in [0.1, 0.15) is 18.1 Å². The predicted molar refractivity (Wildman–Crippen MR) is 75.8 cm³/mol. The van der Waals surface area contributed by atoms with E-state index in [1.807, 2.05) is 56.3 Å². The van der Waals surface area contributed by atoms with Crippen molar-refractivity contribution in [1.29, 1.82) is 0 Å². The Kier molecular flexibility index (Phi) is 4.18. The summed E-state index contributed by atoms with van der Waals surface area (Å²) in [7, 11) is 0. The lowest BCUT2D eigenvalue weighted by atomic mass is 10.3. The van der Waals surface area contributed by atoms with E-state index in [0.717, 1.165) is 22.8 Å². The summed E-state index contributed by atoms with van der Waals surface area (Å²) in [6, 6.07) is 13.1. The Balaban J connectivity index is 2.00. The van der Waals surface area contributed by atoms with Crippen molar-refractivity contribution in [2.45, 2.75) is 13.8 Å². The average Bonchev–Trinajstić information content (AvgIpc) is 2.38. The third kappa shape index (κ3) is 4.14. The van der Waals surface area contributed by atoms with Crippen molar-refractivity contribution in [3.05, 3.63) is 60.3 Å². The monoisotopic (exact) mass is 255 g/mol. The summed E-state index contributed by atoms with van der Waals surface area (Å²) in [4.78, 5) is 4.29. The summed E-state index contributed by atoms with van der Waals surface area (Å²) < 4.78 is 11.2. The number of nitrogens with zero attached hydrogens (tertiary/aromatic N) is 1. The fourth-order valence-corrected chi connectivity index (χ4v) is 1.51. The molecule has 98 valence electrons. The van der Waals surface area contributed by atoms with Crippen LogP contribution < -0.4 is 9.47 Å². The molecule has 1 aromatic heterocycles. The van der Waals surface area contributed by atoms with Gasteiger partial charge in [-0.15, -0.1) is 0 Å². The van der Waals surface area contributed by atoms with E-state index in [0.29, 0.717) is 12.5 Å². The summed E-state index contributed by atoms with van der Waals surface area (Å²) in [6.07, 6.45) is 0. The van der Waals surface area contributed by atoms with E-state index in [1.165, 1.54) is 0 Å². The van der Waals surface area contributed by atoms with Gasteiger partial charge in [0.15, 0.2) is 0 Å². The molecule has 1 aromatic carbocycles. The smallest absolute Gasteiger partial charge is 0.219 e. The van der Waals surface area contributed by atoms with Gasteiger partial charge >= 0.3 is 0 Å². The highest BCUT2D eigenvalue weighted by atomic mass is 16.5. The first-order chi connectivity index (χ1) is 9.13. The van der Waals surface area contributed by atoms with Crippen LogP contribution in [0.15, 0.2) is 54.6 Å². The van der Waals surface area contributed by atoms with E-state index in [-0.39, 0.29) is 0 Å². The average molecular weight is 255 g/mol. The van der Waals surface area contributed by atoms with Crippen molar-refractivity contribution in [1.82, 2.24) is 4.98 Å². The molecule has 3 nitrogen and oxygen atoms in total. The van der Waals surface area contributed by atoms with E-state index in [4.69, 9.17) is 9.47 Å². The maximum atomic E-state index is 5.66. The molecule has 0 spiro atoms. The lowest BCUT2D eigenvalue weighted by Crippen LogP contribution is -1.97. The van der Waals surface area contributed by atoms with Crippen LogP contribution in [-0.4, -0.2) is 11.6 Å². The highest BCUT2D eigenvalue weighted by Crippen LogP contribution is 2.22. The zero-order valence-corrected chi connectivity index (χ0v) is 11.2. The highest BCUT2D eigenvalue weighted by molar-refractivity contribution is 5.33. The molecule has 0 N–H and O–H groups in total. The molecule has 2 rings (SSSR count). The summed E-state index contributed by atoms with van der Waals surface area (Å²) in [6.45, 7) is 8.18. The maximum absolute atomic E-state index is 5.66. The topological polar surface area (TPSA) is 31.4 Å². The molecule has 2 aromatic rings. The third-order valence-corrected chi connectivity index (χ3v) is 2.39. The second kappa shape index (κ2) is 6.05. The normalized spacial score (nSPS) is 10.0. The molecule has 0 aliphatic rings. The predicted octanol–water partition coefficient (Wildman–Crippen LogP) is 4.14. The molecule has 0 saturated heterocycles. The van der Waals surface area contributed by atoms with Gasteiger partial charge in [0.25, 0.3) is 0 Å². The summed E-state index contributed by atoms with van der Waals surface area (Å²) in [5, 5.41) is 0. The van der Waals surface area contributed by atoms with Crippen LogP contribution in [0.2, 0.25) is 0 Å². The summed E-state index contributed by atoms with van der Waals surface area (Å²) in [5.41, 5.74) is 1.92. The highest BCUT2D eigenvalue weighted by Gasteiger charge is 2.00. The van der Waals surface area contributed by atoms with Gasteiger partial charge in [-0.3, -0.25) is 0 Å². The number of hydrogen-bond acceptors (Lipinski definition) is 3. The fourth-order valence-electron chi connectivity index (χ4n) is 1.51. The molecule has 0 unspecified atom stereocenters. The Labute approximate surface area is 113 Å². The number of pyridine rings is 1. The number of aryl methyl sites for hydroxylation is 1. The van der Waals surface area contributed by atoms with Crippen molar-refractivity contribution < 1.29 is 9.47 Å². The van der Waals surface area contributed by atoms with Gasteiger partial charge in [0.2, 0.25) is 5.88 Å². The number of hydrogen-bond donors (Lipinski definition) is 0. The molecule has 0 atom stereocenters. The van der Waals surface area contributed by atoms with Crippen molar-refractivity contribution >= 4 is 0 Å². The molecular weight excluding hydrogens is 238 g/mol. The lowest BCUT2D eigenvalue weighted by Gasteiger charge is -2.08.